The SMILES string of the molecule is CCSc1ccc(C(N)c2ccc(F)cc2F)cc1. The van der Waals surface area contributed by atoms with Gasteiger partial charge in [-0.05, 0) is 29.5 Å². The van der Waals surface area contributed by atoms with Crippen LogP contribution in [0.5, 0.6) is 0 Å². The number of benzene rings is 2. The first kappa shape index (κ1) is 14.0. The summed E-state index contributed by atoms with van der Waals surface area (Å²) in [7, 11) is 0. The minimum Gasteiger partial charge on any atom is -0.320 e. The minimum absolute atomic E-state index is 0.303. The van der Waals surface area contributed by atoms with Crippen LogP contribution in [-0.4, -0.2) is 5.75 Å². The molecule has 1 atom stereocenters. The molecule has 0 aliphatic heterocycles. The molecular weight excluding hydrogens is 264 g/mol. The van der Waals surface area contributed by atoms with Gasteiger partial charge in [0, 0.05) is 16.5 Å². The fraction of sp³-hybridized carbons (Fsp3) is 0.200. The lowest BCUT2D eigenvalue weighted by atomic mass is 9.99. The fourth-order valence-corrected chi connectivity index (χ4v) is 2.53. The lowest BCUT2D eigenvalue weighted by Crippen LogP contribution is -2.13. The van der Waals surface area contributed by atoms with Gasteiger partial charge >= 0.3 is 0 Å². The monoisotopic (exact) mass is 279 g/mol. The summed E-state index contributed by atoms with van der Waals surface area (Å²) in [6.07, 6.45) is 0. The summed E-state index contributed by atoms with van der Waals surface area (Å²) in [5.41, 5.74) is 7.14. The molecule has 0 aliphatic carbocycles. The highest BCUT2D eigenvalue weighted by atomic mass is 32.2. The van der Waals surface area contributed by atoms with Gasteiger partial charge in [0.1, 0.15) is 11.6 Å². The summed E-state index contributed by atoms with van der Waals surface area (Å²) in [6.45, 7) is 2.08. The standard InChI is InChI=1S/C15H15F2NS/c1-2-19-12-6-3-10(4-7-12)15(18)13-8-5-11(16)9-14(13)17/h3-9,15H,2,18H2,1H3. The van der Waals surface area contributed by atoms with Gasteiger partial charge in [-0.2, -0.15) is 0 Å². The largest absolute Gasteiger partial charge is 0.320 e. The van der Waals surface area contributed by atoms with Gasteiger partial charge < -0.3 is 5.73 Å². The van der Waals surface area contributed by atoms with Gasteiger partial charge in [-0.3, -0.25) is 0 Å². The Hall–Kier alpha value is -1.39. The Kier molecular flexibility index (Phi) is 4.56. The zero-order valence-corrected chi connectivity index (χ0v) is 11.4. The van der Waals surface area contributed by atoms with Crippen molar-refractivity contribution in [1.29, 1.82) is 0 Å². The molecule has 0 aromatic heterocycles. The summed E-state index contributed by atoms with van der Waals surface area (Å²) >= 11 is 1.73. The number of halogens is 2. The van der Waals surface area contributed by atoms with E-state index >= 15 is 0 Å². The second kappa shape index (κ2) is 6.17. The van der Waals surface area contributed by atoms with Gasteiger partial charge in [0.2, 0.25) is 0 Å². The highest BCUT2D eigenvalue weighted by Gasteiger charge is 2.14. The third-order valence-electron chi connectivity index (χ3n) is 2.85. The number of hydrogen-bond donors (Lipinski definition) is 1. The molecule has 0 radical (unpaired) electrons. The van der Waals surface area contributed by atoms with Gasteiger partial charge in [-0.25, -0.2) is 8.78 Å². The molecule has 0 fully saturated rings. The summed E-state index contributed by atoms with van der Waals surface area (Å²) in [4.78, 5) is 1.15. The van der Waals surface area contributed by atoms with Gasteiger partial charge in [0.25, 0.3) is 0 Å². The molecule has 19 heavy (non-hydrogen) atoms. The van der Waals surface area contributed by atoms with Crippen LogP contribution < -0.4 is 5.73 Å². The van der Waals surface area contributed by atoms with E-state index in [1.54, 1.807) is 11.8 Å². The van der Waals surface area contributed by atoms with Crippen molar-refractivity contribution in [2.75, 3.05) is 5.75 Å². The molecule has 2 rings (SSSR count). The van der Waals surface area contributed by atoms with Crippen LogP contribution in [0.2, 0.25) is 0 Å². The Labute approximate surface area is 115 Å². The molecule has 2 N–H and O–H groups in total. The molecule has 0 saturated heterocycles. The molecule has 4 heteroatoms. The van der Waals surface area contributed by atoms with Crippen LogP contribution in [0.1, 0.15) is 24.1 Å². The molecular formula is C15H15F2NS. The van der Waals surface area contributed by atoms with Crippen molar-refractivity contribution in [1.82, 2.24) is 0 Å². The zero-order chi connectivity index (χ0) is 13.8. The number of nitrogens with two attached hydrogens (primary N) is 1. The topological polar surface area (TPSA) is 26.0 Å². The van der Waals surface area contributed by atoms with Crippen molar-refractivity contribution < 1.29 is 8.78 Å². The molecule has 100 valence electrons. The molecule has 2 aromatic carbocycles. The third kappa shape index (κ3) is 3.33. The second-order valence-electron chi connectivity index (χ2n) is 4.15. The van der Waals surface area contributed by atoms with Crippen molar-refractivity contribution in [3.63, 3.8) is 0 Å². The molecule has 2 aromatic rings. The predicted molar refractivity (Wildman–Crippen MR) is 75.2 cm³/mol. The molecule has 1 unspecified atom stereocenters. The van der Waals surface area contributed by atoms with Crippen LogP contribution in [0.15, 0.2) is 47.4 Å². The predicted octanol–water partition coefficient (Wildman–Crippen LogP) is 4.12. The lowest BCUT2D eigenvalue weighted by molar-refractivity contribution is 0.566. The Balaban J connectivity index is 2.25. The molecule has 0 heterocycles. The van der Waals surface area contributed by atoms with Crippen LogP contribution >= 0.6 is 11.8 Å². The van der Waals surface area contributed by atoms with E-state index in [0.717, 1.165) is 22.3 Å². The summed E-state index contributed by atoms with van der Waals surface area (Å²) < 4.78 is 26.5. The first-order chi connectivity index (χ1) is 9.11. The quantitative estimate of drug-likeness (QED) is 0.852. The van der Waals surface area contributed by atoms with Crippen LogP contribution in [0.4, 0.5) is 8.78 Å². The molecule has 0 bridgehead atoms. The highest BCUT2D eigenvalue weighted by Crippen LogP contribution is 2.25. The average Bonchev–Trinajstić information content (AvgIpc) is 2.39. The molecule has 1 nitrogen and oxygen atoms in total. The fourth-order valence-electron chi connectivity index (χ4n) is 1.87. The number of thioether (sulfide) groups is 1. The number of hydrogen-bond acceptors (Lipinski definition) is 2. The Morgan fingerprint density at radius 3 is 2.37 bits per heavy atom. The lowest BCUT2D eigenvalue weighted by Gasteiger charge is -2.14. The van der Waals surface area contributed by atoms with Crippen LogP contribution in [-0.2, 0) is 0 Å². The van der Waals surface area contributed by atoms with Crippen molar-refractivity contribution in [2.45, 2.75) is 17.9 Å². The van der Waals surface area contributed by atoms with Crippen LogP contribution in [0.3, 0.4) is 0 Å². The van der Waals surface area contributed by atoms with Crippen molar-refractivity contribution in [3.8, 4) is 0 Å². The Morgan fingerprint density at radius 2 is 1.79 bits per heavy atom. The number of rotatable bonds is 4. The first-order valence-corrected chi connectivity index (χ1v) is 7.03. The van der Waals surface area contributed by atoms with E-state index in [1.807, 2.05) is 24.3 Å². The van der Waals surface area contributed by atoms with E-state index < -0.39 is 17.7 Å². The summed E-state index contributed by atoms with van der Waals surface area (Å²) in [6, 6.07) is 10.6. The normalized spacial score (nSPS) is 12.4. The first-order valence-electron chi connectivity index (χ1n) is 6.05. The van der Waals surface area contributed by atoms with E-state index in [9.17, 15) is 8.78 Å². The maximum absolute atomic E-state index is 13.7. The third-order valence-corrected chi connectivity index (χ3v) is 3.74. The molecule has 0 aliphatic rings. The van der Waals surface area contributed by atoms with Gasteiger partial charge in [-0.15, -0.1) is 11.8 Å². The van der Waals surface area contributed by atoms with Gasteiger partial charge in [0.15, 0.2) is 0 Å². The smallest absolute Gasteiger partial charge is 0.131 e. The van der Waals surface area contributed by atoms with Crippen LogP contribution in [0.25, 0.3) is 0 Å². The van der Waals surface area contributed by atoms with Crippen molar-refractivity contribution >= 4 is 11.8 Å². The Bertz CT molecular complexity index is 555. The van der Waals surface area contributed by atoms with E-state index in [-0.39, 0.29) is 0 Å². The second-order valence-corrected chi connectivity index (χ2v) is 5.48. The van der Waals surface area contributed by atoms with E-state index in [1.165, 1.54) is 12.1 Å². The zero-order valence-electron chi connectivity index (χ0n) is 10.6. The minimum atomic E-state index is -0.612. The molecule has 0 amide bonds. The van der Waals surface area contributed by atoms with Gasteiger partial charge in [0.05, 0.1) is 6.04 Å². The van der Waals surface area contributed by atoms with E-state index in [4.69, 9.17) is 5.73 Å². The molecule has 0 saturated carbocycles. The van der Waals surface area contributed by atoms with Crippen molar-refractivity contribution in [2.24, 2.45) is 5.73 Å². The summed E-state index contributed by atoms with van der Waals surface area (Å²) in [5.74, 6) is -0.208. The van der Waals surface area contributed by atoms with Crippen LogP contribution in [0, 0.1) is 11.6 Å². The van der Waals surface area contributed by atoms with E-state index in [2.05, 4.69) is 6.92 Å². The Morgan fingerprint density at radius 1 is 1.11 bits per heavy atom. The van der Waals surface area contributed by atoms with Crippen molar-refractivity contribution in [3.05, 3.63) is 65.2 Å². The van der Waals surface area contributed by atoms with Gasteiger partial charge in [-0.1, -0.05) is 25.1 Å². The maximum atomic E-state index is 13.7. The van der Waals surface area contributed by atoms with E-state index in [0.29, 0.717) is 5.56 Å². The molecule has 0 spiro atoms. The summed E-state index contributed by atoms with van der Waals surface area (Å²) in [5, 5.41) is 0. The average molecular weight is 279 g/mol. The highest BCUT2D eigenvalue weighted by molar-refractivity contribution is 7.99. The maximum Gasteiger partial charge on any atom is 0.131 e.